The molecular formula is C26H29ClN2O5S. The summed E-state index contributed by atoms with van der Waals surface area (Å²) < 4.78 is 39.0. The highest BCUT2D eigenvalue weighted by atomic mass is 35.5. The van der Waals surface area contributed by atoms with E-state index in [0.717, 1.165) is 15.4 Å². The fourth-order valence-corrected chi connectivity index (χ4v) is 5.14. The van der Waals surface area contributed by atoms with Crippen LogP contribution < -0.4 is 19.1 Å². The molecule has 0 aliphatic rings. The van der Waals surface area contributed by atoms with Gasteiger partial charge in [0.1, 0.15) is 18.0 Å². The van der Waals surface area contributed by atoms with Crippen molar-refractivity contribution in [1.29, 1.82) is 0 Å². The van der Waals surface area contributed by atoms with Gasteiger partial charge in [0.25, 0.3) is 10.0 Å². The van der Waals surface area contributed by atoms with E-state index < -0.39 is 28.5 Å². The number of anilines is 1. The van der Waals surface area contributed by atoms with Crippen LogP contribution in [-0.4, -0.2) is 35.1 Å². The molecule has 3 aromatic rings. The van der Waals surface area contributed by atoms with Crippen LogP contribution in [0.4, 0.5) is 5.69 Å². The molecule has 0 saturated carbocycles. The first-order valence-electron chi connectivity index (χ1n) is 10.9. The zero-order valence-corrected chi connectivity index (χ0v) is 21.9. The third kappa shape index (κ3) is 6.07. The second kappa shape index (κ2) is 11.0. The Kier molecular flexibility index (Phi) is 8.30. The summed E-state index contributed by atoms with van der Waals surface area (Å²) >= 11 is 5.95. The lowest BCUT2D eigenvalue weighted by atomic mass is 10.1. The predicted molar refractivity (Wildman–Crippen MR) is 138 cm³/mol. The molecule has 0 aromatic heterocycles. The molecule has 7 nitrogen and oxygen atoms in total. The van der Waals surface area contributed by atoms with Gasteiger partial charge in [0, 0.05) is 10.6 Å². The number of carbonyl (C=O) groups is 1. The van der Waals surface area contributed by atoms with Gasteiger partial charge >= 0.3 is 0 Å². The topological polar surface area (TPSA) is 84.9 Å². The number of hydrogen-bond donors (Lipinski definition) is 1. The molecule has 0 saturated heterocycles. The summed E-state index contributed by atoms with van der Waals surface area (Å²) in [7, 11) is -0.955. The number of ether oxygens (including phenoxy) is 2. The number of nitrogens with one attached hydrogen (secondary N) is 1. The van der Waals surface area contributed by atoms with E-state index in [-0.39, 0.29) is 4.90 Å². The first-order chi connectivity index (χ1) is 16.6. The number of nitrogens with zero attached hydrogens (tertiary/aromatic N) is 1. The van der Waals surface area contributed by atoms with Crippen LogP contribution in [0.5, 0.6) is 11.5 Å². The average Bonchev–Trinajstić information content (AvgIpc) is 2.84. The first-order valence-corrected chi connectivity index (χ1v) is 12.8. The average molecular weight is 517 g/mol. The molecule has 186 valence electrons. The molecule has 0 heterocycles. The second-order valence-corrected chi connectivity index (χ2v) is 10.4. The molecule has 0 bridgehead atoms. The van der Waals surface area contributed by atoms with Crippen LogP contribution in [0, 0.1) is 13.8 Å². The largest absolute Gasteiger partial charge is 0.497 e. The monoisotopic (exact) mass is 516 g/mol. The SMILES string of the molecule is COc1ccc(OC)c(C(C)NC(=O)CN(c2ccc(C)c(C)c2)S(=O)(=O)c2ccc(Cl)cc2)c1. The molecule has 35 heavy (non-hydrogen) atoms. The number of carbonyl (C=O) groups excluding carboxylic acids is 1. The molecule has 0 spiro atoms. The molecule has 0 fully saturated rings. The van der Waals surface area contributed by atoms with E-state index in [4.69, 9.17) is 21.1 Å². The minimum atomic E-state index is -4.05. The second-order valence-electron chi connectivity index (χ2n) is 8.13. The Morgan fingerprint density at radius 3 is 2.26 bits per heavy atom. The van der Waals surface area contributed by atoms with Gasteiger partial charge in [-0.05, 0) is 86.5 Å². The maximum absolute atomic E-state index is 13.6. The summed E-state index contributed by atoms with van der Waals surface area (Å²) in [6.45, 7) is 5.21. The van der Waals surface area contributed by atoms with Crippen molar-refractivity contribution in [2.75, 3.05) is 25.1 Å². The lowest BCUT2D eigenvalue weighted by Gasteiger charge is -2.26. The molecule has 1 atom stereocenters. The highest BCUT2D eigenvalue weighted by Gasteiger charge is 2.28. The zero-order chi connectivity index (χ0) is 25.8. The minimum Gasteiger partial charge on any atom is -0.497 e. The summed E-state index contributed by atoms with van der Waals surface area (Å²) in [5.41, 5.74) is 3.03. The first kappa shape index (κ1) is 26.4. The van der Waals surface area contributed by atoms with Crippen molar-refractivity contribution in [3.05, 3.63) is 82.4 Å². The maximum Gasteiger partial charge on any atom is 0.264 e. The number of amides is 1. The van der Waals surface area contributed by atoms with Gasteiger partial charge in [0.2, 0.25) is 5.91 Å². The van der Waals surface area contributed by atoms with Crippen molar-refractivity contribution in [2.24, 2.45) is 0 Å². The van der Waals surface area contributed by atoms with Crippen molar-refractivity contribution in [3.63, 3.8) is 0 Å². The Labute approximate surface area is 211 Å². The smallest absolute Gasteiger partial charge is 0.264 e. The van der Waals surface area contributed by atoms with Gasteiger partial charge in [0.15, 0.2) is 0 Å². The molecule has 3 aromatic carbocycles. The van der Waals surface area contributed by atoms with E-state index in [0.29, 0.717) is 27.8 Å². The summed E-state index contributed by atoms with van der Waals surface area (Å²) in [5.74, 6) is 0.723. The van der Waals surface area contributed by atoms with E-state index in [2.05, 4.69) is 5.32 Å². The van der Waals surface area contributed by atoms with Crippen molar-refractivity contribution in [3.8, 4) is 11.5 Å². The molecule has 0 aliphatic heterocycles. The Hall–Kier alpha value is -3.23. The molecule has 3 rings (SSSR count). The third-order valence-corrected chi connectivity index (χ3v) is 7.79. The Morgan fingerprint density at radius 1 is 0.971 bits per heavy atom. The van der Waals surface area contributed by atoms with Crippen LogP contribution in [0.15, 0.2) is 65.6 Å². The number of halogens is 1. The number of sulfonamides is 1. The summed E-state index contributed by atoms with van der Waals surface area (Å²) in [5, 5.41) is 3.30. The van der Waals surface area contributed by atoms with Crippen molar-refractivity contribution < 1.29 is 22.7 Å². The van der Waals surface area contributed by atoms with Crippen LogP contribution in [0.2, 0.25) is 5.02 Å². The summed E-state index contributed by atoms with van der Waals surface area (Å²) in [6, 6.07) is 16.0. The van der Waals surface area contributed by atoms with Crippen molar-refractivity contribution in [1.82, 2.24) is 5.32 Å². The highest BCUT2D eigenvalue weighted by Crippen LogP contribution is 2.30. The molecule has 0 aliphatic carbocycles. The molecule has 1 unspecified atom stereocenters. The van der Waals surface area contributed by atoms with E-state index in [1.165, 1.54) is 24.3 Å². The minimum absolute atomic E-state index is 0.0374. The Morgan fingerprint density at radius 2 is 1.66 bits per heavy atom. The van der Waals surface area contributed by atoms with Crippen molar-refractivity contribution >= 4 is 33.2 Å². The third-order valence-electron chi connectivity index (χ3n) is 5.75. The van der Waals surface area contributed by atoms with Gasteiger partial charge in [-0.25, -0.2) is 8.42 Å². The lowest BCUT2D eigenvalue weighted by molar-refractivity contribution is -0.120. The predicted octanol–water partition coefficient (Wildman–Crippen LogP) is 5.05. The number of methoxy groups -OCH3 is 2. The van der Waals surface area contributed by atoms with Gasteiger partial charge in [-0.2, -0.15) is 0 Å². The van der Waals surface area contributed by atoms with Crippen LogP contribution in [0.3, 0.4) is 0 Å². The molecule has 0 radical (unpaired) electrons. The molecular weight excluding hydrogens is 488 g/mol. The van der Waals surface area contributed by atoms with Crippen LogP contribution in [0.1, 0.15) is 29.7 Å². The quantitative estimate of drug-likeness (QED) is 0.430. The maximum atomic E-state index is 13.6. The standard InChI is InChI=1S/C26H29ClN2O5S/c1-17-6-9-21(14-18(17)2)29(35(31,32)23-11-7-20(27)8-12-23)16-26(30)28-19(3)24-15-22(33-4)10-13-25(24)34-5/h6-15,19H,16H2,1-5H3,(H,28,30). The number of hydrogen-bond acceptors (Lipinski definition) is 5. The molecule has 1 amide bonds. The van der Waals surface area contributed by atoms with E-state index in [1.807, 2.05) is 19.9 Å². The van der Waals surface area contributed by atoms with Gasteiger partial charge in [0.05, 0.1) is 30.8 Å². The van der Waals surface area contributed by atoms with Gasteiger partial charge in [-0.1, -0.05) is 17.7 Å². The lowest BCUT2D eigenvalue weighted by Crippen LogP contribution is -2.41. The van der Waals surface area contributed by atoms with Crippen molar-refractivity contribution in [2.45, 2.75) is 31.7 Å². The summed E-state index contributed by atoms with van der Waals surface area (Å²) in [6.07, 6.45) is 0. The van der Waals surface area contributed by atoms with Gasteiger partial charge < -0.3 is 14.8 Å². The van der Waals surface area contributed by atoms with Crippen LogP contribution in [0.25, 0.3) is 0 Å². The molecule has 1 N–H and O–H groups in total. The van der Waals surface area contributed by atoms with Crippen LogP contribution >= 0.6 is 11.6 Å². The van der Waals surface area contributed by atoms with Gasteiger partial charge in [-0.3, -0.25) is 9.10 Å². The molecule has 9 heteroatoms. The highest BCUT2D eigenvalue weighted by molar-refractivity contribution is 7.92. The fourth-order valence-electron chi connectivity index (χ4n) is 3.60. The summed E-state index contributed by atoms with van der Waals surface area (Å²) in [4.78, 5) is 13.2. The number of aryl methyl sites for hydroxylation is 2. The van der Waals surface area contributed by atoms with E-state index in [1.54, 1.807) is 51.5 Å². The van der Waals surface area contributed by atoms with E-state index >= 15 is 0 Å². The van der Waals surface area contributed by atoms with Crippen LogP contribution in [-0.2, 0) is 14.8 Å². The van der Waals surface area contributed by atoms with Gasteiger partial charge in [-0.15, -0.1) is 0 Å². The van der Waals surface area contributed by atoms with E-state index in [9.17, 15) is 13.2 Å². The normalized spacial score (nSPS) is 12.1. The fraction of sp³-hybridized carbons (Fsp3) is 0.269. The zero-order valence-electron chi connectivity index (χ0n) is 20.3. The Bertz CT molecular complexity index is 1310. The number of rotatable bonds is 9. The number of benzene rings is 3. The Balaban J connectivity index is 1.94.